The molecule has 1 heterocycles. The van der Waals surface area contributed by atoms with Gasteiger partial charge in [0, 0.05) is 31.9 Å². The Labute approximate surface area is 261 Å². The molecule has 1 aliphatic heterocycles. The smallest absolute Gasteiger partial charge is 0.406 e. The minimum Gasteiger partial charge on any atom is -0.406 e. The Balaban J connectivity index is 1.53. The number of hydrogen-bond acceptors (Lipinski definition) is 8. The number of aliphatic hydroxyl groups is 1. The van der Waals surface area contributed by atoms with Gasteiger partial charge in [-0.05, 0) is 61.6 Å². The molecule has 1 saturated heterocycles. The molecule has 246 valence electrons. The Hall–Kier alpha value is -3.56. The third-order valence-corrected chi connectivity index (χ3v) is 9.15. The van der Waals surface area contributed by atoms with E-state index < -0.39 is 41.0 Å². The summed E-state index contributed by atoms with van der Waals surface area (Å²) in [6.45, 7) is 2.55. The molecule has 2 atom stereocenters. The third kappa shape index (κ3) is 9.71. The molecule has 0 spiro atoms. The maximum Gasteiger partial charge on any atom is 0.573 e. The van der Waals surface area contributed by atoms with Crippen molar-refractivity contribution >= 4 is 28.1 Å². The fourth-order valence-corrected chi connectivity index (χ4v) is 6.79. The molecule has 1 amide bonds. The van der Waals surface area contributed by atoms with Gasteiger partial charge in [0.15, 0.2) is 5.82 Å². The monoisotopic (exact) mass is 654 g/mol. The molecule has 3 aromatic carbocycles. The van der Waals surface area contributed by atoms with Crippen molar-refractivity contribution < 1.29 is 41.3 Å². The number of halogens is 4. The molecule has 0 radical (unpaired) electrons. The standard InChI is InChI=1S/C31H38F4N4O5S/c1-2-37-23-17-25(29(32)27(18-23)39-13-6-7-14-45(39,42)43)30(41)38-26(16-21-9-4-3-5-10-21)28(40)20-36-19-22-11-8-12-24(15-22)44-31(33,34)35/h3-5,8-12,15,17-18,26,28,36-37,40,42-43H,2,6-7,13-14,16,19-20H2,1H3,(H,38,41). The number of ether oxygens (including phenoxy) is 1. The largest absolute Gasteiger partial charge is 0.573 e. The lowest BCUT2D eigenvalue weighted by Gasteiger charge is -2.47. The molecule has 4 rings (SSSR count). The van der Waals surface area contributed by atoms with Crippen molar-refractivity contribution in [2.24, 2.45) is 0 Å². The molecular formula is C31H38F4N4O5S. The van der Waals surface area contributed by atoms with E-state index in [-0.39, 0.29) is 48.8 Å². The van der Waals surface area contributed by atoms with E-state index in [0.29, 0.717) is 30.6 Å². The van der Waals surface area contributed by atoms with Crippen molar-refractivity contribution in [1.29, 1.82) is 0 Å². The lowest BCUT2D eigenvalue weighted by atomic mass is 10.00. The number of amides is 1. The number of anilines is 2. The molecule has 3 aromatic rings. The minimum atomic E-state index is -4.83. The molecule has 6 N–H and O–H groups in total. The molecule has 1 fully saturated rings. The summed E-state index contributed by atoms with van der Waals surface area (Å²) in [6.07, 6.45) is -4.61. The maximum atomic E-state index is 16.0. The van der Waals surface area contributed by atoms with Crippen LogP contribution < -0.4 is 25.0 Å². The van der Waals surface area contributed by atoms with Crippen molar-refractivity contribution in [3.05, 3.63) is 89.2 Å². The van der Waals surface area contributed by atoms with Crippen LogP contribution in [-0.4, -0.2) is 64.0 Å². The highest BCUT2D eigenvalue weighted by molar-refractivity contribution is 8.25. The van der Waals surface area contributed by atoms with Crippen LogP contribution in [0.5, 0.6) is 5.75 Å². The molecule has 0 aliphatic carbocycles. The van der Waals surface area contributed by atoms with Crippen molar-refractivity contribution in [1.82, 2.24) is 10.6 Å². The highest BCUT2D eigenvalue weighted by atomic mass is 32.3. The van der Waals surface area contributed by atoms with E-state index in [2.05, 4.69) is 20.7 Å². The summed E-state index contributed by atoms with van der Waals surface area (Å²) in [5.41, 5.74) is 1.26. The van der Waals surface area contributed by atoms with Crippen LogP contribution in [0.1, 0.15) is 41.3 Å². The predicted molar refractivity (Wildman–Crippen MR) is 167 cm³/mol. The van der Waals surface area contributed by atoms with Crippen molar-refractivity contribution in [3.63, 3.8) is 0 Å². The highest BCUT2D eigenvalue weighted by Gasteiger charge is 2.33. The maximum absolute atomic E-state index is 16.0. The van der Waals surface area contributed by atoms with Crippen LogP contribution in [0.3, 0.4) is 0 Å². The van der Waals surface area contributed by atoms with Gasteiger partial charge in [-0.2, -0.15) is 0 Å². The molecule has 14 heteroatoms. The first-order valence-corrected chi connectivity index (χ1v) is 16.2. The van der Waals surface area contributed by atoms with Gasteiger partial charge < -0.3 is 25.8 Å². The van der Waals surface area contributed by atoms with Gasteiger partial charge in [0.1, 0.15) is 5.75 Å². The van der Waals surface area contributed by atoms with Gasteiger partial charge in [-0.1, -0.05) is 42.5 Å². The summed E-state index contributed by atoms with van der Waals surface area (Å²) >= 11 is 0. The molecule has 1 aliphatic rings. The van der Waals surface area contributed by atoms with Gasteiger partial charge in [-0.15, -0.1) is 23.9 Å². The first-order valence-electron chi connectivity index (χ1n) is 14.6. The Morgan fingerprint density at radius 2 is 1.78 bits per heavy atom. The second kappa shape index (κ2) is 15.1. The van der Waals surface area contributed by atoms with E-state index in [9.17, 15) is 32.2 Å². The van der Waals surface area contributed by atoms with Crippen LogP contribution in [0.4, 0.5) is 28.9 Å². The summed E-state index contributed by atoms with van der Waals surface area (Å²) in [7, 11) is -3.27. The van der Waals surface area contributed by atoms with Gasteiger partial charge in [0.2, 0.25) is 0 Å². The van der Waals surface area contributed by atoms with Gasteiger partial charge >= 0.3 is 6.36 Å². The van der Waals surface area contributed by atoms with Crippen LogP contribution in [-0.2, 0) is 13.0 Å². The number of nitrogens with zero attached hydrogens (tertiary/aromatic N) is 1. The number of hydrogen-bond donors (Lipinski definition) is 6. The van der Waals surface area contributed by atoms with E-state index in [1.165, 1.54) is 34.6 Å². The van der Waals surface area contributed by atoms with Gasteiger partial charge in [-0.25, -0.2) is 4.39 Å². The van der Waals surface area contributed by atoms with Crippen LogP contribution in [0.2, 0.25) is 0 Å². The first-order chi connectivity index (χ1) is 21.4. The van der Waals surface area contributed by atoms with Crippen LogP contribution in [0.25, 0.3) is 0 Å². The van der Waals surface area contributed by atoms with Crippen LogP contribution >= 0.6 is 10.8 Å². The molecule has 0 saturated carbocycles. The number of rotatable bonds is 13. The summed E-state index contributed by atoms with van der Waals surface area (Å²) in [6, 6.07) is 16.4. The second-order valence-electron chi connectivity index (χ2n) is 10.7. The van der Waals surface area contributed by atoms with Crippen molar-refractivity contribution in [2.45, 2.75) is 51.2 Å². The van der Waals surface area contributed by atoms with E-state index in [4.69, 9.17) is 0 Å². The summed E-state index contributed by atoms with van der Waals surface area (Å²) in [4.78, 5) is 13.6. The molecule has 9 nitrogen and oxygen atoms in total. The van der Waals surface area contributed by atoms with Crippen LogP contribution in [0, 0.1) is 5.82 Å². The van der Waals surface area contributed by atoms with E-state index in [1.807, 2.05) is 25.1 Å². The van der Waals surface area contributed by atoms with Crippen LogP contribution in [0.15, 0.2) is 66.7 Å². The minimum absolute atomic E-state index is 0.0536. The number of carbonyl (C=O) groups is 1. The number of aliphatic hydroxyl groups excluding tert-OH is 1. The fourth-order valence-electron chi connectivity index (χ4n) is 5.10. The van der Waals surface area contributed by atoms with Gasteiger partial charge in [-0.3, -0.25) is 18.2 Å². The molecule has 45 heavy (non-hydrogen) atoms. The Bertz CT molecular complexity index is 1430. The number of nitrogens with one attached hydrogen (secondary N) is 3. The zero-order valence-corrected chi connectivity index (χ0v) is 25.5. The Morgan fingerprint density at radius 1 is 1.04 bits per heavy atom. The molecule has 0 bridgehead atoms. The molecular weight excluding hydrogens is 616 g/mol. The average Bonchev–Trinajstić information content (AvgIpc) is 2.97. The zero-order chi connectivity index (χ0) is 32.6. The SMILES string of the molecule is CCNc1cc(C(=O)NC(Cc2ccccc2)C(O)CNCc2cccc(OC(F)(F)F)c2)c(F)c(N2CCCCS2(O)O)c1. The third-order valence-electron chi connectivity index (χ3n) is 7.22. The van der Waals surface area contributed by atoms with Gasteiger partial charge in [0.25, 0.3) is 5.91 Å². The topological polar surface area (TPSA) is 126 Å². The Morgan fingerprint density at radius 3 is 2.47 bits per heavy atom. The highest BCUT2D eigenvalue weighted by Crippen LogP contribution is 2.51. The lowest BCUT2D eigenvalue weighted by molar-refractivity contribution is -0.274. The van der Waals surface area contributed by atoms with E-state index in [0.717, 1.165) is 5.56 Å². The van der Waals surface area contributed by atoms with E-state index >= 15 is 4.39 Å². The lowest BCUT2D eigenvalue weighted by Crippen LogP contribution is -2.49. The zero-order valence-electron chi connectivity index (χ0n) is 24.7. The quantitative estimate of drug-likeness (QED) is 0.126. The average molecular weight is 655 g/mol. The van der Waals surface area contributed by atoms with Gasteiger partial charge in [0.05, 0.1) is 29.1 Å². The molecule has 0 aromatic heterocycles. The number of benzene rings is 3. The predicted octanol–water partition coefficient (Wildman–Crippen LogP) is 5.91. The van der Waals surface area contributed by atoms with Crippen molar-refractivity contribution in [2.75, 3.05) is 35.0 Å². The summed E-state index contributed by atoms with van der Waals surface area (Å²) in [5, 5.41) is 19.9. The summed E-state index contributed by atoms with van der Waals surface area (Å²) < 4.78 is 80.3. The fraction of sp³-hybridized carbons (Fsp3) is 0.387. The number of carbonyl (C=O) groups excluding carboxylic acids is 1. The Kier molecular flexibility index (Phi) is 11.6. The van der Waals surface area contributed by atoms with Crippen molar-refractivity contribution in [3.8, 4) is 5.75 Å². The first kappa shape index (κ1) is 34.3. The number of alkyl halides is 3. The summed E-state index contributed by atoms with van der Waals surface area (Å²) in [5.74, 6) is -2.00. The normalized spacial score (nSPS) is 16.8. The second-order valence-corrected chi connectivity index (χ2v) is 12.8. The van der Waals surface area contributed by atoms with E-state index in [1.54, 1.807) is 18.2 Å². The molecule has 2 unspecified atom stereocenters.